The fourth-order valence-corrected chi connectivity index (χ4v) is 6.70. The molecule has 0 heterocycles. The van der Waals surface area contributed by atoms with Crippen LogP contribution in [-0.2, 0) is 0 Å². The molecule has 5 fully saturated rings. The molecule has 0 amide bonds. The van der Waals surface area contributed by atoms with Gasteiger partial charge in [-0.3, -0.25) is 0 Å². The third-order valence-corrected chi connectivity index (χ3v) is 18.5. The second-order valence-corrected chi connectivity index (χ2v) is 28.4. The first-order valence-electron chi connectivity index (χ1n) is 27.2. The van der Waals surface area contributed by atoms with Crippen molar-refractivity contribution in [1.82, 2.24) is 0 Å². The van der Waals surface area contributed by atoms with Crippen LogP contribution in [0.4, 0.5) is 0 Å². The Morgan fingerprint density at radius 1 is 0.492 bits per heavy atom. The zero-order chi connectivity index (χ0) is 49.3. The van der Waals surface area contributed by atoms with Crippen molar-refractivity contribution in [2.45, 2.75) is 285 Å². The van der Waals surface area contributed by atoms with Crippen molar-refractivity contribution in [3.8, 4) is 0 Å². The summed E-state index contributed by atoms with van der Waals surface area (Å²) in [5.74, 6) is 12.7. The quantitative estimate of drug-likeness (QED) is 0.228. The maximum absolute atomic E-state index is 2.44. The van der Waals surface area contributed by atoms with Gasteiger partial charge in [0, 0.05) is 0 Å². The van der Waals surface area contributed by atoms with E-state index in [1.165, 1.54) is 63.2 Å². The summed E-state index contributed by atoms with van der Waals surface area (Å²) < 4.78 is 0. The van der Waals surface area contributed by atoms with Crippen molar-refractivity contribution < 1.29 is 0 Å². The predicted molar refractivity (Wildman–Crippen MR) is 287 cm³/mol. The molecule has 6 atom stereocenters. The van der Waals surface area contributed by atoms with Gasteiger partial charge in [-0.1, -0.05) is 234 Å². The Morgan fingerprint density at radius 3 is 0.852 bits per heavy atom. The molecule has 0 saturated heterocycles. The van der Waals surface area contributed by atoms with E-state index in [9.17, 15) is 0 Å². The molecule has 0 nitrogen and oxygen atoms in total. The lowest BCUT2D eigenvalue weighted by Crippen LogP contribution is -2.29. The molecule has 0 aliphatic heterocycles. The maximum atomic E-state index is 2.44. The Kier molecular flexibility index (Phi) is 30.2. The highest BCUT2D eigenvalue weighted by Crippen LogP contribution is 2.60. The van der Waals surface area contributed by atoms with Crippen LogP contribution >= 0.6 is 0 Å². The lowest BCUT2D eigenvalue weighted by molar-refractivity contribution is 0.120. The van der Waals surface area contributed by atoms with Gasteiger partial charge < -0.3 is 0 Å². The zero-order valence-electron chi connectivity index (χ0n) is 49.3. The van der Waals surface area contributed by atoms with Gasteiger partial charge in [-0.25, -0.2) is 0 Å². The Hall–Kier alpha value is 0. The van der Waals surface area contributed by atoms with Gasteiger partial charge in [-0.2, -0.15) is 0 Å². The zero-order valence-corrected chi connectivity index (χ0v) is 49.3. The summed E-state index contributed by atoms with van der Waals surface area (Å²) in [6.07, 6.45) is 16.1. The molecule has 5 saturated carbocycles. The smallest absolute Gasteiger partial charge is 0.0297 e. The molecule has 0 N–H and O–H groups in total. The van der Waals surface area contributed by atoms with Gasteiger partial charge in [0.25, 0.3) is 0 Å². The third kappa shape index (κ3) is 30.8. The molecule has 372 valence electrons. The third-order valence-electron chi connectivity index (χ3n) is 18.5. The summed E-state index contributed by atoms with van der Waals surface area (Å²) in [6.45, 7) is 71.2. The van der Waals surface area contributed by atoms with Crippen LogP contribution in [0.2, 0.25) is 0 Å². The Bertz CT molecular complexity index is 991. The summed E-state index contributed by atoms with van der Waals surface area (Å²) in [7, 11) is 0. The molecule has 5 aliphatic carbocycles. The van der Waals surface area contributed by atoms with Crippen molar-refractivity contribution in [3.63, 3.8) is 0 Å². The van der Waals surface area contributed by atoms with Crippen molar-refractivity contribution >= 4 is 0 Å². The van der Waals surface area contributed by atoms with Gasteiger partial charge in [0.1, 0.15) is 0 Å². The molecule has 5 rings (SSSR count). The average Bonchev–Trinajstić information content (AvgIpc) is 3.93. The van der Waals surface area contributed by atoms with Crippen LogP contribution in [0, 0.1) is 109 Å². The SMILES string of the molecule is CC(C)(C)C(C)(C)C.CC(C)C(C)C(C)C.CC1(C2CC2)CC1.CC1CC(C)C1C.CCC(C)(C)C(C)C.CCC(C)C(C)(C)C.CC[C@@H](C)C(C)(C)C.C[C@H]1CC1C1CC1. The van der Waals surface area contributed by atoms with E-state index in [-0.39, 0.29) is 0 Å². The molecule has 0 bridgehead atoms. The van der Waals surface area contributed by atoms with Crippen LogP contribution in [0.3, 0.4) is 0 Å². The van der Waals surface area contributed by atoms with Gasteiger partial charge in [-0.05, 0) is 161 Å². The number of hydrogen-bond donors (Lipinski definition) is 0. The summed E-state index contributed by atoms with van der Waals surface area (Å²) in [5.41, 5.74) is 3.30. The highest BCUT2D eigenvalue weighted by Gasteiger charge is 2.49. The topological polar surface area (TPSA) is 0 Å². The van der Waals surface area contributed by atoms with Gasteiger partial charge in [0.05, 0.1) is 0 Å². The standard InChI is InChI=1S/5C8H18.2C7H12.C7H14/c1-7(2,3)8(4,5)6;2*1-6-7(2)8(3,4)5;1-6-8(4,5)7(2)3;1-6(2)8(5)7(3)4;1-7(4-5-7)6-2-3-6;1-5-4-7(5)6-2-3-6;1-5-4-6(2)7(5)3/h1-6H3;3*7H,6H2,1-5H3;6-8H,1-5H3;6H,2-5H2,1H3;5-7H,2-4H2,1H3;5-7H,4H2,1-3H3/t;7-;;;;;5-,7?;/m.1....0./s1. The Labute approximate surface area is 393 Å². The highest BCUT2D eigenvalue weighted by atomic mass is 14.5. The van der Waals surface area contributed by atoms with E-state index in [0.717, 1.165) is 70.5 Å². The molecule has 0 aromatic heterocycles. The van der Waals surface area contributed by atoms with E-state index in [0.29, 0.717) is 27.1 Å². The highest BCUT2D eigenvalue weighted by molar-refractivity contribution is 5.00. The fourth-order valence-electron chi connectivity index (χ4n) is 6.70. The van der Waals surface area contributed by atoms with Crippen LogP contribution in [0.25, 0.3) is 0 Å². The van der Waals surface area contributed by atoms with Crippen LogP contribution < -0.4 is 0 Å². The molecule has 0 aromatic rings. The Balaban J connectivity index is -0.000000630. The van der Waals surface area contributed by atoms with E-state index >= 15 is 0 Å². The van der Waals surface area contributed by atoms with Crippen molar-refractivity contribution in [1.29, 1.82) is 0 Å². The summed E-state index contributed by atoms with van der Waals surface area (Å²) in [4.78, 5) is 0. The fraction of sp³-hybridized carbons (Fsp3) is 1.00. The van der Waals surface area contributed by atoms with E-state index < -0.39 is 0 Å². The van der Waals surface area contributed by atoms with E-state index in [2.05, 4.69) is 215 Å². The average molecular weight is 862 g/mol. The van der Waals surface area contributed by atoms with Crippen molar-refractivity contribution in [3.05, 3.63) is 0 Å². The normalized spacial score (nSPS) is 24.9. The molecule has 0 spiro atoms. The van der Waals surface area contributed by atoms with Crippen LogP contribution in [-0.4, -0.2) is 0 Å². The second-order valence-electron chi connectivity index (χ2n) is 28.4. The molecular formula is C61H128. The molecule has 61 heavy (non-hydrogen) atoms. The summed E-state index contributed by atoms with van der Waals surface area (Å²) >= 11 is 0. The summed E-state index contributed by atoms with van der Waals surface area (Å²) in [6, 6.07) is 0. The molecular weight excluding hydrogens is 733 g/mol. The molecule has 0 radical (unpaired) electrons. The first kappa shape index (κ1) is 65.3. The van der Waals surface area contributed by atoms with Gasteiger partial charge >= 0.3 is 0 Å². The number of hydrogen-bond acceptors (Lipinski definition) is 0. The predicted octanol–water partition coefficient (Wildman–Crippen LogP) is 21.8. The molecule has 0 heteroatoms. The minimum Gasteiger partial charge on any atom is -0.0651 e. The molecule has 0 aromatic carbocycles. The minimum absolute atomic E-state index is 0.437. The van der Waals surface area contributed by atoms with Gasteiger partial charge in [0.15, 0.2) is 0 Å². The monoisotopic (exact) mass is 861 g/mol. The minimum atomic E-state index is 0.437. The molecule has 5 aliphatic rings. The van der Waals surface area contributed by atoms with Crippen molar-refractivity contribution in [2.24, 2.45) is 109 Å². The first-order chi connectivity index (χ1) is 27.2. The second kappa shape index (κ2) is 28.2. The summed E-state index contributed by atoms with van der Waals surface area (Å²) in [5, 5.41) is 0. The van der Waals surface area contributed by atoms with E-state index in [1.807, 2.05) is 0 Å². The lowest BCUT2D eigenvalue weighted by Gasteiger charge is -2.38. The Morgan fingerprint density at radius 2 is 0.820 bits per heavy atom. The van der Waals surface area contributed by atoms with Crippen LogP contribution in [0.15, 0.2) is 0 Å². The van der Waals surface area contributed by atoms with E-state index in [1.54, 1.807) is 19.3 Å². The van der Waals surface area contributed by atoms with E-state index in [4.69, 9.17) is 0 Å². The molecule has 4 unspecified atom stereocenters. The van der Waals surface area contributed by atoms with Crippen LogP contribution in [0.1, 0.15) is 285 Å². The van der Waals surface area contributed by atoms with Crippen molar-refractivity contribution in [2.75, 3.05) is 0 Å². The lowest BCUT2D eigenvalue weighted by atomic mass is 9.68. The maximum Gasteiger partial charge on any atom is -0.0297 e. The first-order valence-corrected chi connectivity index (χ1v) is 27.2. The van der Waals surface area contributed by atoms with Gasteiger partial charge in [0.2, 0.25) is 0 Å². The number of rotatable bonds is 8. The largest absolute Gasteiger partial charge is 0.0651 e. The van der Waals surface area contributed by atoms with Gasteiger partial charge in [-0.15, -0.1) is 0 Å². The van der Waals surface area contributed by atoms with Crippen LogP contribution in [0.5, 0.6) is 0 Å².